The van der Waals surface area contributed by atoms with Crippen molar-refractivity contribution in [1.82, 2.24) is 14.5 Å². The van der Waals surface area contributed by atoms with Gasteiger partial charge in [0.15, 0.2) is 0 Å². The minimum absolute atomic E-state index is 0.0422. The maximum atomic E-state index is 12.0. The molecular weight excluding hydrogens is 246 g/mol. The van der Waals surface area contributed by atoms with Gasteiger partial charge in [0, 0.05) is 17.8 Å². The Labute approximate surface area is 113 Å². The first-order chi connectivity index (χ1) is 8.59. The molecule has 1 aliphatic carbocycles. The van der Waals surface area contributed by atoms with Gasteiger partial charge in [0.05, 0.1) is 0 Å². The van der Waals surface area contributed by atoms with Crippen molar-refractivity contribution in [3.05, 3.63) is 26.4 Å². The normalized spacial score (nSPS) is 14.8. The number of aromatic nitrogens is 2. The maximum absolute atomic E-state index is 12.0. The summed E-state index contributed by atoms with van der Waals surface area (Å²) in [6.45, 7) is 1.78. The van der Waals surface area contributed by atoms with E-state index in [2.05, 4.69) is 24.0 Å². The Morgan fingerprint density at radius 2 is 2.06 bits per heavy atom. The number of nitrogens with zero attached hydrogens (tertiary/aromatic N) is 2. The molecule has 2 rings (SSSR count). The van der Waals surface area contributed by atoms with E-state index in [0.29, 0.717) is 4.64 Å². The number of rotatable bonds is 4. The Morgan fingerprint density at radius 3 is 2.78 bits per heavy atom. The number of aromatic amines is 1. The molecule has 0 aliphatic heterocycles. The third-order valence-electron chi connectivity index (χ3n) is 3.49. The zero-order valence-electron chi connectivity index (χ0n) is 11.2. The Bertz CT molecular complexity index is 530. The molecule has 1 aromatic rings. The first-order valence-electron chi connectivity index (χ1n) is 6.59. The lowest BCUT2D eigenvalue weighted by Crippen LogP contribution is -2.30. The third kappa shape index (κ3) is 2.90. The van der Waals surface area contributed by atoms with E-state index in [1.807, 2.05) is 4.57 Å². The minimum atomic E-state index is -0.0422. The van der Waals surface area contributed by atoms with Gasteiger partial charge in [-0.05, 0) is 52.7 Å². The Kier molecular flexibility index (Phi) is 4.35. The van der Waals surface area contributed by atoms with Crippen LogP contribution in [0.2, 0.25) is 0 Å². The quantitative estimate of drug-likeness (QED) is 0.845. The lowest BCUT2D eigenvalue weighted by Gasteiger charge is -2.21. The second-order valence-electron chi connectivity index (χ2n) is 5.20. The number of hydrogen-bond acceptors (Lipinski definition) is 3. The van der Waals surface area contributed by atoms with Crippen LogP contribution in [0.25, 0.3) is 0 Å². The molecule has 0 atom stereocenters. The molecule has 0 saturated carbocycles. The molecule has 0 fully saturated rings. The summed E-state index contributed by atoms with van der Waals surface area (Å²) in [6, 6.07) is 0. The zero-order valence-corrected chi connectivity index (χ0v) is 12.0. The molecule has 100 valence electrons. The maximum Gasteiger partial charge on any atom is 0.326 e. The van der Waals surface area contributed by atoms with Crippen LogP contribution in [0.15, 0.2) is 4.79 Å². The van der Waals surface area contributed by atoms with Crippen molar-refractivity contribution in [2.45, 2.75) is 38.6 Å². The van der Waals surface area contributed by atoms with Crippen molar-refractivity contribution in [2.75, 3.05) is 20.6 Å². The van der Waals surface area contributed by atoms with E-state index in [-0.39, 0.29) is 5.69 Å². The topological polar surface area (TPSA) is 41.0 Å². The number of hydrogen-bond donors (Lipinski definition) is 1. The number of fused-ring (bicyclic) bond motifs is 1. The molecule has 0 unspecified atom stereocenters. The van der Waals surface area contributed by atoms with Crippen molar-refractivity contribution in [3.63, 3.8) is 0 Å². The van der Waals surface area contributed by atoms with Crippen LogP contribution >= 0.6 is 12.2 Å². The van der Waals surface area contributed by atoms with Crippen LogP contribution in [-0.4, -0.2) is 35.1 Å². The van der Waals surface area contributed by atoms with Crippen LogP contribution in [0.4, 0.5) is 0 Å². The van der Waals surface area contributed by atoms with Crippen LogP contribution in [0.3, 0.4) is 0 Å². The summed E-state index contributed by atoms with van der Waals surface area (Å²) in [5.74, 6) is 0. The highest BCUT2D eigenvalue weighted by Crippen LogP contribution is 2.20. The van der Waals surface area contributed by atoms with E-state index < -0.39 is 0 Å². The van der Waals surface area contributed by atoms with Crippen LogP contribution in [0.5, 0.6) is 0 Å². The summed E-state index contributed by atoms with van der Waals surface area (Å²) in [5.41, 5.74) is 2.33. The van der Waals surface area contributed by atoms with E-state index in [1.165, 1.54) is 24.1 Å². The highest BCUT2D eigenvalue weighted by molar-refractivity contribution is 7.71. The van der Waals surface area contributed by atoms with Crippen molar-refractivity contribution < 1.29 is 0 Å². The van der Waals surface area contributed by atoms with Gasteiger partial charge in [0.1, 0.15) is 4.64 Å². The zero-order chi connectivity index (χ0) is 13.1. The fraction of sp³-hybridized carbons (Fsp3) is 0.692. The monoisotopic (exact) mass is 267 g/mol. The lowest BCUT2D eigenvalue weighted by molar-refractivity contribution is 0.380. The van der Waals surface area contributed by atoms with E-state index in [1.54, 1.807) is 0 Å². The highest BCUT2D eigenvalue weighted by atomic mass is 32.1. The fourth-order valence-electron chi connectivity index (χ4n) is 2.58. The van der Waals surface area contributed by atoms with Crippen LogP contribution in [0, 0.1) is 4.64 Å². The molecule has 0 saturated heterocycles. The predicted octanol–water partition coefficient (Wildman–Crippen LogP) is 1.74. The molecule has 1 N–H and O–H groups in total. The van der Waals surface area contributed by atoms with E-state index >= 15 is 0 Å². The summed E-state index contributed by atoms with van der Waals surface area (Å²) >= 11 is 5.26. The SMILES string of the molecule is CN(C)CCCn1c2c(c(=S)[nH]c1=O)CCCC2. The van der Waals surface area contributed by atoms with Crippen molar-refractivity contribution in [2.24, 2.45) is 0 Å². The average Bonchev–Trinajstić information content (AvgIpc) is 2.33. The van der Waals surface area contributed by atoms with Gasteiger partial charge in [-0.3, -0.25) is 9.55 Å². The molecule has 0 bridgehead atoms. The summed E-state index contributed by atoms with van der Waals surface area (Å²) in [7, 11) is 4.10. The smallest absolute Gasteiger partial charge is 0.309 e. The number of nitrogens with one attached hydrogen (secondary N) is 1. The molecule has 5 heteroatoms. The summed E-state index contributed by atoms with van der Waals surface area (Å²) in [4.78, 5) is 17.0. The highest BCUT2D eigenvalue weighted by Gasteiger charge is 2.16. The van der Waals surface area contributed by atoms with Crippen LogP contribution < -0.4 is 5.69 Å². The van der Waals surface area contributed by atoms with Gasteiger partial charge in [-0.25, -0.2) is 4.79 Å². The predicted molar refractivity (Wildman–Crippen MR) is 75.7 cm³/mol. The molecule has 1 heterocycles. The van der Waals surface area contributed by atoms with E-state index in [4.69, 9.17) is 12.2 Å². The number of H-pyrrole nitrogens is 1. The van der Waals surface area contributed by atoms with Gasteiger partial charge in [-0.15, -0.1) is 0 Å². The first kappa shape index (κ1) is 13.5. The summed E-state index contributed by atoms with van der Waals surface area (Å²) in [6.07, 6.45) is 5.34. The molecule has 0 amide bonds. The van der Waals surface area contributed by atoms with E-state index in [9.17, 15) is 4.79 Å². The largest absolute Gasteiger partial charge is 0.326 e. The van der Waals surface area contributed by atoms with Gasteiger partial charge in [0.2, 0.25) is 0 Å². The van der Waals surface area contributed by atoms with E-state index in [0.717, 1.165) is 32.4 Å². The van der Waals surface area contributed by atoms with Crippen molar-refractivity contribution in [3.8, 4) is 0 Å². The molecule has 18 heavy (non-hydrogen) atoms. The van der Waals surface area contributed by atoms with Gasteiger partial charge in [0.25, 0.3) is 0 Å². The second-order valence-corrected chi connectivity index (χ2v) is 5.61. The van der Waals surface area contributed by atoms with Crippen molar-refractivity contribution >= 4 is 12.2 Å². The minimum Gasteiger partial charge on any atom is -0.309 e. The Hall–Kier alpha value is -0.940. The lowest BCUT2D eigenvalue weighted by atomic mass is 9.97. The molecule has 0 spiro atoms. The van der Waals surface area contributed by atoms with Crippen LogP contribution in [-0.2, 0) is 19.4 Å². The summed E-state index contributed by atoms with van der Waals surface area (Å²) in [5, 5.41) is 0. The van der Waals surface area contributed by atoms with Gasteiger partial charge in [-0.2, -0.15) is 0 Å². The molecular formula is C13H21N3OS. The summed E-state index contributed by atoms with van der Waals surface area (Å²) < 4.78 is 2.55. The van der Waals surface area contributed by atoms with Gasteiger partial charge < -0.3 is 4.90 Å². The van der Waals surface area contributed by atoms with Crippen molar-refractivity contribution in [1.29, 1.82) is 0 Å². The molecule has 0 aromatic carbocycles. The Balaban J connectivity index is 2.29. The van der Waals surface area contributed by atoms with Crippen LogP contribution in [0.1, 0.15) is 30.5 Å². The third-order valence-corrected chi connectivity index (χ3v) is 3.84. The first-order valence-corrected chi connectivity index (χ1v) is 7.00. The molecule has 0 radical (unpaired) electrons. The molecule has 1 aromatic heterocycles. The fourth-order valence-corrected chi connectivity index (χ4v) is 2.88. The average molecular weight is 267 g/mol. The molecule has 4 nitrogen and oxygen atoms in total. The Morgan fingerprint density at radius 1 is 1.33 bits per heavy atom. The van der Waals surface area contributed by atoms with Gasteiger partial charge in [-0.1, -0.05) is 12.2 Å². The van der Waals surface area contributed by atoms with Gasteiger partial charge >= 0.3 is 5.69 Å². The second kappa shape index (κ2) is 5.80. The molecule has 1 aliphatic rings. The standard InChI is InChI=1S/C13H21N3OS/c1-15(2)8-5-9-16-11-7-4-3-6-10(11)12(18)14-13(16)17/h3-9H2,1-2H3,(H,14,17,18).